The lowest BCUT2D eigenvalue weighted by atomic mass is 10.2. The highest BCUT2D eigenvalue weighted by molar-refractivity contribution is 7.13. The van der Waals surface area contributed by atoms with Crippen molar-refractivity contribution < 1.29 is 9.66 Å². The molecule has 0 atom stereocenters. The van der Waals surface area contributed by atoms with Crippen molar-refractivity contribution in [3.8, 4) is 16.3 Å². The highest BCUT2D eigenvalue weighted by Crippen LogP contribution is 2.26. The largest absolute Gasteiger partial charge is 0.497 e. The molecule has 1 aromatic carbocycles. The second kappa shape index (κ2) is 8.68. The van der Waals surface area contributed by atoms with Gasteiger partial charge in [0.25, 0.3) is 0 Å². The number of nitrogens with zero attached hydrogens (tertiary/aromatic N) is 6. The number of thiazole rings is 1. The van der Waals surface area contributed by atoms with Gasteiger partial charge < -0.3 is 4.74 Å². The maximum atomic E-state index is 10.8. The average molecular weight is 414 g/mol. The van der Waals surface area contributed by atoms with Gasteiger partial charge in [-0.15, -0.1) is 11.3 Å². The molecule has 1 aliphatic heterocycles. The van der Waals surface area contributed by atoms with Crippen LogP contribution in [0.25, 0.3) is 10.6 Å². The third kappa shape index (κ3) is 4.78. The number of rotatable bonds is 7. The molecule has 1 fully saturated rings. The Bertz CT molecular complexity index is 962. The fourth-order valence-electron chi connectivity index (χ4n) is 3.29. The van der Waals surface area contributed by atoms with Crippen LogP contribution in [0.4, 0.5) is 5.69 Å². The molecule has 0 spiro atoms. The molecule has 0 amide bonds. The van der Waals surface area contributed by atoms with Gasteiger partial charge in [-0.3, -0.25) is 24.6 Å². The molecule has 0 bridgehead atoms. The van der Waals surface area contributed by atoms with Crippen molar-refractivity contribution in [3.63, 3.8) is 0 Å². The van der Waals surface area contributed by atoms with Crippen LogP contribution in [0.3, 0.4) is 0 Å². The number of piperazine rings is 1. The van der Waals surface area contributed by atoms with Gasteiger partial charge in [0.1, 0.15) is 23.2 Å². The molecule has 0 saturated carbocycles. The Morgan fingerprint density at radius 2 is 1.90 bits per heavy atom. The Labute approximate surface area is 172 Å². The van der Waals surface area contributed by atoms with Crippen molar-refractivity contribution in [1.82, 2.24) is 24.6 Å². The van der Waals surface area contributed by atoms with Gasteiger partial charge in [0, 0.05) is 43.7 Å². The molecule has 3 heterocycles. The number of hydrogen-bond acceptors (Lipinski definition) is 8. The Kier molecular flexibility index (Phi) is 5.84. The summed E-state index contributed by atoms with van der Waals surface area (Å²) < 4.78 is 6.83. The van der Waals surface area contributed by atoms with E-state index in [0.717, 1.165) is 54.7 Å². The zero-order chi connectivity index (χ0) is 20.2. The first-order valence-corrected chi connectivity index (χ1v) is 10.2. The summed E-state index contributed by atoms with van der Waals surface area (Å²) in [5.74, 6) is 0.841. The van der Waals surface area contributed by atoms with Crippen LogP contribution in [0.15, 0.2) is 42.0 Å². The summed E-state index contributed by atoms with van der Waals surface area (Å²) in [5, 5.41) is 18.0. The van der Waals surface area contributed by atoms with Crippen LogP contribution < -0.4 is 4.74 Å². The van der Waals surface area contributed by atoms with E-state index in [1.165, 1.54) is 12.4 Å². The van der Waals surface area contributed by atoms with Crippen LogP contribution in [0.1, 0.15) is 5.69 Å². The standard InChI is InChI=1S/C19H22N6O3S/c1-28-18-4-2-15(3-5-18)19-21-16(13-29-19)11-22-6-8-23(9-7-22)14-24-12-17(10-20-24)25(26)27/h2-5,10,12-13H,6-9,11,14H2,1H3. The summed E-state index contributed by atoms with van der Waals surface area (Å²) >= 11 is 1.66. The highest BCUT2D eigenvalue weighted by Gasteiger charge is 2.19. The van der Waals surface area contributed by atoms with E-state index in [4.69, 9.17) is 9.72 Å². The van der Waals surface area contributed by atoms with E-state index in [1.54, 1.807) is 23.1 Å². The molecule has 0 radical (unpaired) electrons. The molecule has 4 rings (SSSR count). The number of benzene rings is 1. The first-order valence-electron chi connectivity index (χ1n) is 9.31. The van der Waals surface area contributed by atoms with Gasteiger partial charge in [-0.2, -0.15) is 5.10 Å². The number of ether oxygens (including phenoxy) is 1. The first-order chi connectivity index (χ1) is 14.1. The number of aromatic nitrogens is 3. The molecule has 152 valence electrons. The Morgan fingerprint density at radius 1 is 1.17 bits per heavy atom. The van der Waals surface area contributed by atoms with E-state index in [-0.39, 0.29) is 5.69 Å². The normalized spacial score (nSPS) is 15.5. The van der Waals surface area contributed by atoms with Gasteiger partial charge in [0.05, 0.1) is 24.4 Å². The minimum Gasteiger partial charge on any atom is -0.497 e. The van der Waals surface area contributed by atoms with E-state index >= 15 is 0 Å². The van der Waals surface area contributed by atoms with Crippen molar-refractivity contribution in [3.05, 3.63) is 57.8 Å². The van der Waals surface area contributed by atoms with Crippen LogP contribution >= 0.6 is 11.3 Å². The Morgan fingerprint density at radius 3 is 2.55 bits per heavy atom. The first kappa shape index (κ1) is 19.5. The van der Waals surface area contributed by atoms with Crippen molar-refractivity contribution in [1.29, 1.82) is 0 Å². The fraction of sp³-hybridized carbons (Fsp3) is 0.368. The van der Waals surface area contributed by atoms with Gasteiger partial charge in [-0.05, 0) is 24.3 Å². The highest BCUT2D eigenvalue weighted by atomic mass is 32.1. The molecule has 1 aliphatic rings. The van der Waals surface area contributed by atoms with Crippen LogP contribution in [-0.4, -0.2) is 62.8 Å². The predicted octanol–water partition coefficient (Wildman–Crippen LogP) is 2.70. The van der Waals surface area contributed by atoms with E-state index in [9.17, 15) is 10.1 Å². The van der Waals surface area contributed by atoms with Crippen LogP contribution in [0, 0.1) is 10.1 Å². The molecule has 3 aromatic rings. The molecule has 2 aromatic heterocycles. The maximum absolute atomic E-state index is 10.8. The molecule has 0 unspecified atom stereocenters. The molecular weight excluding hydrogens is 392 g/mol. The second-order valence-electron chi connectivity index (χ2n) is 6.90. The number of hydrogen-bond donors (Lipinski definition) is 0. The lowest BCUT2D eigenvalue weighted by molar-refractivity contribution is -0.385. The monoisotopic (exact) mass is 414 g/mol. The summed E-state index contributed by atoms with van der Waals surface area (Å²) in [6.07, 6.45) is 2.77. The molecule has 0 N–H and O–H groups in total. The zero-order valence-electron chi connectivity index (χ0n) is 16.1. The SMILES string of the molecule is COc1ccc(-c2nc(CN3CCN(Cn4cc([N+](=O)[O-])cn4)CC3)cs2)cc1. The summed E-state index contributed by atoms with van der Waals surface area (Å²) in [7, 11) is 1.66. The topological polar surface area (TPSA) is 89.6 Å². The second-order valence-corrected chi connectivity index (χ2v) is 7.76. The Balaban J connectivity index is 1.28. The van der Waals surface area contributed by atoms with E-state index in [0.29, 0.717) is 6.67 Å². The summed E-state index contributed by atoms with van der Waals surface area (Å²) in [5.41, 5.74) is 2.21. The molecule has 10 heteroatoms. The zero-order valence-corrected chi connectivity index (χ0v) is 16.9. The van der Waals surface area contributed by atoms with Gasteiger partial charge in [-0.1, -0.05) is 0 Å². The molecule has 0 aliphatic carbocycles. The third-order valence-corrected chi connectivity index (χ3v) is 5.85. The van der Waals surface area contributed by atoms with Gasteiger partial charge >= 0.3 is 5.69 Å². The third-order valence-electron chi connectivity index (χ3n) is 4.91. The summed E-state index contributed by atoms with van der Waals surface area (Å²) in [4.78, 5) is 19.8. The predicted molar refractivity (Wildman–Crippen MR) is 110 cm³/mol. The van der Waals surface area contributed by atoms with Crippen molar-refractivity contribution in [2.75, 3.05) is 33.3 Å². The van der Waals surface area contributed by atoms with Crippen LogP contribution in [0.5, 0.6) is 5.75 Å². The van der Waals surface area contributed by atoms with Crippen LogP contribution in [-0.2, 0) is 13.2 Å². The van der Waals surface area contributed by atoms with Crippen molar-refractivity contribution >= 4 is 17.0 Å². The number of nitro groups is 1. The maximum Gasteiger partial charge on any atom is 0.307 e. The lowest BCUT2D eigenvalue weighted by Gasteiger charge is -2.34. The molecule has 29 heavy (non-hydrogen) atoms. The molecule has 9 nitrogen and oxygen atoms in total. The van der Waals surface area contributed by atoms with E-state index < -0.39 is 4.92 Å². The smallest absolute Gasteiger partial charge is 0.307 e. The van der Waals surface area contributed by atoms with Crippen molar-refractivity contribution in [2.45, 2.75) is 13.2 Å². The van der Waals surface area contributed by atoms with Gasteiger partial charge in [0.15, 0.2) is 0 Å². The van der Waals surface area contributed by atoms with Gasteiger partial charge in [0.2, 0.25) is 0 Å². The minimum atomic E-state index is -0.421. The summed E-state index contributed by atoms with van der Waals surface area (Å²) in [6, 6.07) is 7.95. The molecular formula is C19H22N6O3S. The molecule has 1 saturated heterocycles. The minimum absolute atomic E-state index is 0.0276. The average Bonchev–Trinajstić information content (AvgIpc) is 3.39. The van der Waals surface area contributed by atoms with Crippen LogP contribution in [0.2, 0.25) is 0 Å². The number of methoxy groups -OCH3 is 1. The summed E-state index contributed by atoms with van der Waals surface area (Å²) in [6.45, 7) is 5.04. The van der Waals surface area contributed by atoms with Crippen molar-refractivity contribution in [2.24, 2.45) is 0 Å². The quantitative estimate of drug-likeness (QED) is 0.434. The lowest BCUT2D eigenvalue weighted by Crippen LogP contribution is -2.46. The van der Waals surface area contributed by atoms with Gasteiger partial charge in [-0.25, -0.2) is 4.98 Å². The Hall–Kier alpha value is -2.82. The van der Waals surface area contributed by atoms with E-state index in [1.807, 2.05) is 24.3 Å². The van der Waals surface area contributed by atoms with E-state index in [2.05, 4.69) is 20.3 Å². The fourth-order valence-corrected chi connectivity index (χ4v) is 4.11.